The summed E-state index contributed by atoms with van der Waals surface area (Å²) in [6.07, 6.45) is 6.39. The van der Waals surface area contributed by atoms with Crippen molar-refractivity contribution >= 4 is 5.95 Å². The van der Waals surface area contributed by atoms with Crippen molar-refractivity contribution in [2.45, 2.75) is 59.5 Å². The van der Waals surface area contributed by atoms with E-state index in [1.165, 1.54) is 12.8 Å². The number of nitrogens with one attached hydrogen (secondary N) is 1. The lowest BCUT2D eigenvalue weighted by Gasteiger charge is -2.25. The maximum Gasteiger partial charge on any atom is 0.203 e. The monoisotopic (exact) mass is 223 g/mol. The second-order valence-electron chi connectivity index (χ2n) is 4.77. The van der Waals surface area contributed by atoms with E-state index in [0.717, 1.165) is 11.9 Å². The number of anilines is 1. The molecule has 3 heteroatoms. The molecule has 1 atom stereocenters. The first-order valence-corrected chi connectivity index (χ1v) is 6.39. The molecule has 0 fully saturated rings. The highest BCUT2D eigenvalue weighted by Gasteiger charge is 2.17. The SMILES string of the molecule is CCC(CC)C(C)n1ccnc1NC(C)C. The standard InChI is InChI=1S/C13H25N3/c1-6-12(7-2)11(5)16-9-8-14-13(16)15-10(3)4/h8-12H,6-7H2,1-5H3,(H,14,15). The fourth-order valence-electron chi connectivity index (χ4n) is 2.21. The van der Waals surface area contributed by atoms with Gasteiger partial charge in [0.25, 0.3) is 0 Å². The van der Waals surface area contributed by atoms with Crippen LogP contribution in [0.2, 0.25) is 0 Å². The average molecular weight is 223 g/mol. The van der Waals surface area contributed by atoms with Crippen LogP contribution in [0.4, 0.5) is 5.95 Å². The van der Waals surface area contributed by atoms with E-state index in [2.05, 4.69) is 55.7 Å². The summed E-state index contributed by atoms with van der Waals surface area (Å²) in [5.41, 5.74) is 0. The fraction of sp³-hybridized carbons (Fsp3) is 0.769. The number of imidazole rings is 1. The van der Waals surface area contributed by atoms with Gasteiger partial charge in [0.15, 0.2) is 0 Å². The van der Waals surface area contributed by atoms with E-state index in [9.17, 15) is 0 Å². The summed E-state index contributed by atoms with van der Waals surface area (Å²) >= 11 is 0. The van der Waals surface area contributed by atoms with Crippen molar-refractivity contribution in [1.82, 2.24) is 9.55 Å². The maximum atomic E-state index is 4.38. The molecule has 0 saturated heterocycles. The molecule has 3 nitrogen and oxygen atoms in total. The molecule has 0 aliphatic heterocycles. The summed E-state index contributed by atoms with van der Waals surface area (Å²) in [6, 6.07) is 0.939. The van der Waals surface area contributed by atoms with Gasteiger partial charge in [0.1, 0.15) is 0 Å². The van der Waals surface area contributed by atoms with E-state index < -0.39 is 0 Å². The van der Waals surface area contributed by atoms with Gasteiger partial charge in [-0.3, -0.25) is 0 Å². The summed E-state index contributed by atoms with van der Waals surface area (Å²) in [7, 11) is 0. The van der Waals surface area contributed by atoms with Crippen molar-refractivity contribution in [2.75, 3.05) is 5.32 Å². The normalized spacial score (nSPS) is 13.4. The molecular weight excluding hydrogens is 198 g/mol. The molecule has 1 N–H and O–H groups in total. The maximum absolute atomic E-state index is 4.38. The Kier molecular flexibility index (Phi) is 4.84. The van der Waals surface area contributed by atoms with Crippen LogP contribution in [-0.4, -0.2) is 15.6 Å². The van der Waals surface area contributed by atoms with Crippen LogP contribution < -0.4 is 5.32 Å². The number of rotatable bonds is 6. The van der Waals surface area contributed by atoms with E-state index in [0.29, 0.717) is 12.1 Å². The third-order valence-corrected chi connectivity index (χ3v) is 3.26. The molecule has 1 aromatic heterocycles. The van der Waals surface area contributed by atoms with Crippen LogP contribution in [0.25, 0.3) is 0 Å². The molecule has 92 valence electrons. The molecule has 1 heterocycles. The predicted molar refractivity (Wildman–Crippen MR) is 69.8 cm³/mol. The van der Waals surface area contributed by atoms with Gasteiger partial charge < -0.3 is 9.88 Å². The van der Waals surface area contributed by atoms with E-state index in [-0.39, 0.29) is 0 Å². The van der Waals surface area contributed by atoms with Crippen molar-refractivity contribution in [2.24, 2.45) is 5.92 Å². The highest BCUT2D eigenvalue weighted by atomic mass is 15.2. The Labute approximate surface area is 99.3 Å². The van der Waals surface area contributed by atoms with Crippen molar-refractivity contribution in [3.63, 3.8) is 0 Å². The Morgan fingerprint density at radius 2 is 1.88 bits per heavy atom. The van der Waals surface area contributed by atoms with Gasteiger partial charge in [-0.05, 0) is 26.7 Å². The molecule has 0 aliphatic carbocycles. The molecule has 16 heavy (non-hydrogen) atoms. The molecule has 1 aromatic rings. The quantitative estimate of drug-likeness (QED) is 0.797. The zero-order chi connectivity index (χ0) is 12.1. The highest BCUT2D eigenvalue weighted by Crippen LogP contribution is 2.26. The van der Waals surface area contributed by atoms with Crippen molar-refractivity contribution in [3.8, 4) is 0 Å². The third kappa shape index (κ3) is 3.00. The molecule has 0 aromatic carbocycles. The lowest BCUT2D eigenvalue weighted by Crippen LogP contribution is -2.20. The van der Waals surface area contributed by atoms with Gasteiger partial charge in [-0.15, -0.1) is 0 Å². The Morgan fingerprint density at radius 1 is 1.25 bits per heavy atom. The number of nitrogens with zero attached hydrogens (tertiary/aromatic N) is 2. The zero-order valence-electron chi connectivity index (χ0n) is 11.2. The van der Waals surface area contributed by atoms with Gasteiger partial charge in [-0.2, -0.15) is 0 Å². The van der Waals surface area contributed by atoms with Gasteiger partial charge in [0.05, 0.1) is 0 Å². The van der Waals surface area contributed by atoms with Gasteiger partial charge in [-0.1, -0.05) is 26.7 Å². The lowest BCUT2D eigenvalue weighted by atomic mass is 9.95. The van der Waals surface area contributed by atoms with Crippen LogP contribution in [0, 0.1) is 5.92 Å². The first-order chi connectivity index (χ1) is 7.60. The van der Waals surface area contributed by atoms with Gasteiger partial charge >= 0.3 is 0 Å². The lowest BCUT2D eigenvalue weighted by molar-refractivity contribution is 0.335. The predicted octanol–water partition coefficient (Wildman–Crippen LogP) is 3.70. The van der Waals surface area contributed by atoms with E-state index >= 15 is 0 Å². The van der Waals surface area contributed by atoms with Gasteiger partial charge in [0, 0.05) is 24.5 Å². The Balaban J connectivity index is 2.82. The summed E-state index contributed by atoms with van der Waals surface area (Å²) in [6.45, 7) is 11.1. The first-order valence-electron chi connectivity index (χ1n) is 6.39. The topological polar surface area (TPSA) is 29.9 Å². The summed E-state index contributed by atoms with van der Waals surface area (Å²) in [5.74, 6) is 1.72. The molecule has 1 unspecified atom stereocenters. The van der Waals surface area contributed by atoms with Crippen LogP contribution >= 0.6 is 0 Å². The molecule has 0 radical (unpaired) electrons. The molecule has 0 aliphatic rings. The molecule has 0 bridgehead atoms. The van der Waals surface area contributed by atoms with Gasteiger partial charge in [-0.25, -0.2) is 4.98 Å². The minimum Gasteiger partial charge on any atom is -0.353 e. The van der Waals surface area contributed by atoms with E-state index in [1.807, 2.05) is 6.20 Å². The second-order valence-corrected chi connectivity index (χ2v) is 4.77. The second kappa shape index (κ2) is 5.92. The summed E-state index contributed by atoms with van der Waals surface area (Å²) < 4.78 is 2.26. The Bertz CT molecular complexity index is 300. The minimum absolute atomic E-state index is 0.426. The largest absolute Gasteiger partial charge is 0.353 e. The van der Waals surface area contributed by atoms with Crippen LogP contribution in [0.3, 0.4) is 0 Å². The van der Waals surface area contributed by atoms with Crippen LogP contribution in [0.5, 0.6) is 0 Å². The number of aromatic nitrogens is 2. The fourth-order valence-corrected chi connectivity index (χ4v) is 2.21. The molecule has 0 saturated carbocycles. The summed E-state index contributed by atoms with van der Waals surface area (Å²) in [4.78, 5) is 4.38. The van der Waals surface area contributed by atoms with Crippen LogP contribution in [0.1, 0.15) is 53.5 Å². The van der Waals surface area contributed by atoms with Crippen LogP contribution in [0.15, 0.2) is 12.4 Å². The van der Waals surface area contributed by atoms with E-state index in [4.69, 9.17) is 0 Å². The smallest absolute Gasteiger partial charge is 0.203 e. The highest BCUT2D eigenvalue weighted by molar-refractivity contribution is 5.27. The van der Waals surface area contributed by atoms with Crippen molar-refractivity contribution in [1.29, 1.82) is 0 Å². The van der Waals surface area contributed by atoms with Crippen LogP contribution in [-0.2, 0) is 0 Å². The molecule has 0 spiro atoms. The third-order valence-electron chi connectivity index (χ3n) is 3.26. The van der Waals surface area contributed by atoms with Crippen molar-refractivity contribution < 1.29 is 0 Å². The average Bonchev–Trinajstić information content (AvgIpc) is 2.66. The van der Waals surface area contributed by atoms with Gasteiger partial charge in [0.2, 0.25) is 5.95 Å². The summed E-state index contributed by atoms with van der Waals surface area (Å²) in [5, 5.41) is 3.39. The molecule has 1 rings (SSSR count). The zero-order valence-corrected chi connectivity index (χ0v) is 11.2. The molecular formula is C13H25N3. The molecule has 0 amide bonds. The Morgan fingerprint density at radius 3 is 2.38 bits per heavy atom. The van der Waals surface area contributed by atoms with Crippen molar-refractivity contribution in [3.05, 3.63) is 12.4 Å². The first kappa shape index (κ1) is 13.1. The van der Waals surface area contributed by atoms with E-state index in [1.54, 1.807) is 0 Å². The Hall–Kier alpha value is -0.990. The minimum atomic E-state index is 0.426. The number of hydrogen-bond donors (Lipinski definition) is 1. The number of hydrogen-bond acceptors (Lipinski definition) is 2.